The molecule has 0 aliphatic heterocycles. The van der Waals surface area contributed by atoms with E-state index in [2.05, 4.69) is 19.2 Å². The standard InChI is InChI=1S/C17H25N3O2S2/c1-7-18-14(21)12(6)24-17-19-15-13(10(4)11(5)23-15)16(22)20(17)8-9(2)3/h9,12H,7-8H2,1-6H3,(H,18,21). The van der Waals surface area contributed by atoms with Crippen LogP contribution in [0.5, 0.6) is 0 Å². The maximum Gasteiger partial charge on any atom is 0.263 e. The van der Waals surface area contributed by atoms with Gasteiger partial charge in [-0.1, -0.05) is 25.6 Å². The molecule has 2 heterocycles. The summed E-state index contributed by atoms with van der Waals surface area (Å²) in [5.41, 5.74) is 1.01. The average Bonchev–Trinajstić information content (AvgIpc) is 2.78. The van der Waals surface area contributed by atoms with E-state index in [0.29, 0.717) is 29.6 Å². The number of hydrogen-bond donors (Lipinski definition) is 1. The molecule has 0 aromatic carbocycles. The number of nitrogens with zero attached hydrogens (tertiary/aromatic N) is 2. The van der Waals surface area contributed by atoms with Gasteiger partial charge in [-0.3, -0.25) is 14.2 Å². The van der Waals surface area contributed by atoms with Crippen molar-refractivity contribution in [2.45, 2.75) is 58.5 Å². The molecule has 2 rings (SSSR count). The third-order valence-corrected chi connectivity index (χ3v) is 6.00. The molecule has 5 nitrogen and oxygen atoms in total. The van der Waals surface area contributed by atoms with Gasteiger partial charge >= 0.3 is 0 Å². The summed E-state index contributed by atoms with van der Waals surface area (Å²) in [5, 5.41) is 3.86. The monoisotopic (exact) mass is 367 g/mol. The smallest absolute Gasteiger partial charge is 0.263 e. The molecule has 0 radical (unpaired) electrons. The van der Waals surface area contributed by atoms with Crippen LogP contribution >= 0.6 is 23.1 Å². The summed E-state index contributed by atoms with van der Waals surface area (Å²) >= 11 is 2.89. The van der Waals surface area contributed by atoms with Crippen LogP contribution in [0.25, 0.3) is 10.2 Å². The molecule has 2 aromatic heterocycles. The van der Waals surface area contributed by atoms with Gasteiger partial charge in [0.15, 0.2) is 5.16 Å². The number of nitrogens with one attached hydrogen (secondary N) is 1. The molecule has 2 aromatic rings. The fourth-order valence-electron chi connectivity index (χ4n) is 2.45. The van der Waals surface area contributed by atoms with E-state index in [1.165, 1.54) is 11.8 Å². The van der Waals surface area contributed by atoms with E-state index in [9.17, 15) is 9.59 Å². The van der Waals surface area contributed by atoms with Gasteiger partial charge in [-0.15, -0.1) is 11.3 Å². The van der Waals surface area contributed by atoms with Gasteiger partial charge in [-0.2, -0.15) is 0 Å². The summed E-state index contributed by atoms with van der Waals surface area (Å²) in [6.07, 6.45) is 0. The number of thiophene rings is 1. The molecule has 0 bridgehead atoms. The fraction of sp³-hybridized carbons (Fsp3) is 0.588. The van der Waals surface area contributed by atoms with Crippen LogP contribution in [-0.4, -0.2) is 27.3 Å². The summed E-state index contributed by atoms with van der Waals surface area (Å²) in [5.74, 6) is 0.285. The van der Waals surface area contributed by atoms with Crippen LogP contribution in [0.2, 0.25) is 0 Å². The van der Waals surface area contributed by atoms with Crippen molar-refractivity contribution in [3.05, 3.63) is 20.8 Å². The molecule has 24 heavy (non-hydrogen) atoms. The molecule has 0 spiro atoms. The van der Waals surface area contributed by atoms with Crippen molar-refractivity contribution in [3.63, 3.8) is 0 Å². The Kier molecular flexibility index (Phi) is 6.09. The molecular weight excluding hydrogens is 342 g/mol. The van der Waals surface area contributed by atoms with Crippen LogP contribution in [0, 0.1) is 19.8 Å². The maximum absolute atomic E-state index is 13.0. The van der Waals surface area contributed by atoms with Crippen molar-refractivity contribution >= 4 is 39.2 Å². The molecule has 0 saturated carbocycles. The third kappa shape index (κ3) is 3.83. The van der Waals surface area contributed by atoms with Crippen molar-refractivity contribution in [2.75, 3.05) is 6.54 Å². The molecule has 0 saturated heterocycles. The number of rotatable bonds is 6. The van der Waals surface area contributed by atoms with E-state index in [-0.39, 0.29) is 16.7 Å². The molecule has 1 atom stereocenters. The van der Waals surface area contributed by atoms with Crippen molar-refractivity contribution in [3.8, 4) is 0 Å². The molecule has 1 amide bonds. The zero-order valence-electron chi connectivity index (χ0n) is 15.1. The van der Waals surface area contributed by atoms with Gasteiger partial charge in [-0.05, 0) is 39.2 Å². The van der Waals surface area contributed by atoms with Crippen LogP contribution in [0.3, 0.4) is 0 Å². The molecule has 1 N–H and O–H groups in total. The van der Waals surface area contributed by atoms with E-state index in [0.717, 1.165) is 15.3 Å². The van der Waals surface area contributed by atoms with E-state index in [1.54, 1.807) is 15.9 Å². The zero-order valence-corrected chi connectivity index (χ0v) is 16.7. The Balaban J connectivity index is 2.54. The zero-order chi connectivity index (χ0) is 18.0. The SMILES string of the molecule is CCNC(=O)C(C)Sc1nc2sc(C)c(C)c2c(=O)n1CC(C)C. The third-order valence-electron chi connectivity index (χ3n) is 3.80. The summed E-state index contributed by atoms with van der Waals surface area (Å²) in [6, 6.07) is 0. The number of fused-ring (bicyclic) bond motifs is 1. The molecule has 1 unspecified atom stereocenters. The van der Waals surface area contributed by atoms with Crippen molar-refractivity contribution in [1.82, 2.24) is 14.9 Å². The molecular formula is C17H25N3O2S2. The highest BCUT2D eigenvalue weighted by Gasteiger charge is 2.21. The number of amides is 1. The first-order chi connectivity index (χ1) is 11.3. The highest BCUT2D eigenvalue weighted by atomic mass is 32.2. The minimum atomic E-state index is -0.296. The van der Waals surface area contributed by atoms with Crippen LogP contribution < -0.4 is 10.9 Å². The first-order valence-corrected chi connectivity index (χ1v) is 9.90. The van der Waals surface area contributed by atoms with Crippen molar-refractivity contribution in [1.29, 1.82) is 0 Å². The fourth-order valence-corrected chi connectivity index (χ4v) is 4.47. The first kappa shape index (κ1) is 19.0. The highest BCUT2D eigenvalue weighted by molar-refractivity contribution is 8.00. The van der Waals surface area contributed by atoms with Crippen molar-refractivity contribution in [2.24, 2.45) is 5.92 Å². The Hall–Kier alpha value is -1.34. The second-order valence-corrected chi connectivity index (χ2v) is 8.83. The van der Waals surface area contributed by atoms with Gasteiger partial charge in [-0.25, -0.2) is 4.98 Å². The molecule has 0 aliphatic rings. The average molecular weight is 368 g/mol. The Morgan fingerprint density at radius 2 is 2.00 bits per heavy atom. The molecule has 0 aliphatic carbocycles. The van der Waals surface area contributed by atoms with Crippen LogP contribution in [0.4, 0.5) is 0 Å². The van der Waals surface area contributed by atoms with Gasteiger partial charge in [0, 0.05) is 18.0 Å². The predicted octanol–water partition coefficient (Wildman–Crippen LogP) is 3.35. The van der Waals surface area contributed by atoms with Gasteiger partial charge in [0.2, 0.25) is 5.91 Å². The van der Waals surface area contributed by atoms with Crippen LogP contribution in [0.15, 0.2) is 9.95 Å². The summed E-state index contributed by atoms with van der Waals surface area (Å²) in [7, 11) is 0. The minimum Gasteiger partial charge on any atom is -0.355 e. The topological polar surface area (TPSA) is 64.0 Å². The number of hydrogen-bond acceptors (Lipinski definition) is 5. The number of aromatic nitrogens is 2. The van der Waals surface area contributed by atoms with Crippen molar-refractivity contribution < 1.29 is 4.79 Å². The summed E-state index contributed by atoms with van der Waals surface area (Å²) in [4.78, 5) is 31.7. The van der Waals surface area contributed by atoms with Gasteiger partial charge in [0.1, 0.15) is 4.83 Å². The molecule has 0 fully saturated rings. The Morgan fingerprint density at radius 1 is 1.33 bits per heavy atom. The van der Waals surface area contributed by atoms with Crippen LogP contribution in [-0.2, 0) is 11.3 Å². The normalized spacial score (nSPS) is 12.8. The molecule has 7 heteroatoms. The lowest BCUT2D eigenvalue weighted by Crippen LogP contribution is -2.32. The molecule has 132 valence electrons. The summed E-state index contributed by atoms with van der Waals surface area (Å²) in [6.45, 7) is 13.1. The second kappa shape index (κ2) is 7.70. The Bertz CT molecular complexity index is 808. The Labute approximate surface area is 150 Å². The number of thioether (sulfide) groups is 1. The predicted molar refractivity (Wildman–Crippen MR) is 102 cm³/mol. The maximum atomic E-state index is 13.0. The van der Waals surface area contributed by atoms with Crippen LogP contribution in [0.1, 0.15) is 38.1 Å². The van der Waals surface area contributed by atoms with Gasteiger partial charge in [0.25, 0.3) is 5.56 Å². The van der Waals surface area contributed by atoms with Gasteiger partial charge in [0.05, 0.1) is 10.6 Å². The Morgan fingerprint density at radius 3 is 2.58 bits per heavy atom. The number of aryl methyl sites for hydroxylation is 2. The van der Waals surface area contributed by atoms with E-state index in [4.69, 9.17) is 4.98 Å². The minimum absolute atomic E-state index is 0.00106. The summed E-state index contributed by atoms with van der Waals surface area (Å²) < 4.78 is 1.73. The first-order valence-electron chi connectivity index (χ1n) is 8.21. The second-order valence-electron chi connectivity index (χ2n) is 6.32. The van der Waals surface area contributed by atoms with E-state index < -0.39 is 0 Å². The number of carbonyl (C=O) groups is 1. The lowest BCUT2D eigenvalue weighted by molar-refractivity contribution is -0.120. The van der Waals surface area contributed by atoms with E-state index in [1.807, 2.05) is 27.7 Å². The highest BCUT2D eigenvalue weighted by Crippen LogP contribution is 2.30. The number of carbonyl (C=O) groups excluding carboxylic acids is 1. The van der Waals surface area contributed by atoms with Gasteiger partial charge < -0.3 is 5.32 Å². The lowest BCUT2D eigenvalue weighted by Gasteiger charge is -2.16. The largest absolute Gasteiger partial charge is 0.355 e. The quantitative estimate of drug-likeness (QED) is 0.628. The van der Waals surface area contributed by atoms with E-state index >= 15 is 0 Å². The lowest BCUT2D eigenvalue weighted by atomic mass is 10.2.